The van der Waals surface area contributed by atoms with Gasteiger partial charge in [0.05, 0.1) is 35.3 Å². The minimum atomic E-state index is -0.396. The molecule has 3 aromatic rings. The Bertz CT molecular complexity index is 1130. The fourth-order valence-corrected chi connectivity index (χ4v) is 3.10. The molecule has 0 aliphatic heterocycles. The van der Waals surface area contributed by atoms with Gasteiger partial charge in [0.25, 0.3) is 5.56 Å². The van der Waals surface area contributed by atoms with E-state index < -0.39 is 5.91 Å². The zero-order chi connectivity index (χ0) is 20.4. The van der Waals surface area contributed by atoms with Gasteiger partial charge in [0.1, 0.15) is 12.2 Å². The third-order valence-corrected chi connectivity index (χ3v) is 4.84. The fourth-order valence-electron chi connectivity index (χ4n) is 2.78. The van der Waals surface area contributed by atoms with Gasteiger partial charge in [-0.2, -0.15) is 0 Å². The molecule has 3 rings (SSSR count). The Morgan fingerprint density at radius 2 is 1.79 bits per heavy atom. The van der Waals surface area contributed by atoms with Crippen molar-refractivity contribution in [3.8, 4) is 11.5 Å². The van der Waals surface area contributed by atoms with Crippen LogP contribution < -0.4 is 20.3 Å². The molecular weight excluding hydrogens is 405 g/mol. The van der Waals surface area contributed by atoms with E-state index in [9.17, 15) is 9.59 Å². The Labute approximate surface area is 170 Å². The maximum atomic E-state index is 12.6. The number of ether oxygens (including phenoxy) is 2. The summed E-state index contributed by atoms with van der Waals surface area (Å²) in [5, 5.41) is 3.33. The monoisotopic (exact) mass is 421 g/mol. The van der Waals surface area contributed by atoms with Crippen LogP contribution in [0.25, 0.3) is 11.0 Å². The molecule has 0 saturated heterocycles. The second kappa shape index (κ2) is 8.08. The number of aromatic nitrogens is 2. The zero-order valence-corrected chi connectivity index (χ0v) is 16.9. The summed E-state index contributed by atoms with van der Waals surface area (Å²) < 4.78 is 11.7. The van der Waals surface area contributed by atoms with Crippen LogP contribution in [0.2, 0.25) is 10.0 Å². The molecular formula is C19H17Cl2N3O4. The molecule has 2 aromatic carbocycles. The molecule has 146 valence electrons. The molecule has 0 spiro atoms. The molecule has 0 aliphatic carbocycles. The highest BCUT2D eigenvalue weighted by Gasteiger charge is 2.14. The van der Waals surface area contributed by atoms with Crippen LogP contribution in [0.15, 0.2) is 35.1 Å². The molecule has 0 saturated carbocycles. The first-order valence-electron chi connectivity index (χ1n) is 8.22. The predicted octanol–water partition coefficient (Wildman–Crippen LogP) is 3.67. The van der Waals surface area contributed by atoms with Gasteiger partial charge in [-0.1, -0.05) is 23.2 Å². The van der Waals surface area contributed by atoms with Crippen LogP contribution in [0.5, 0.6) is 11.5 Å². The summed E-state index contributed by atoms with van der Waals surface area (Å²) in [6.45, 7) is 1.36. The first-order chi connectivity index (χ1) is 13.3. The molecule has 0 aliphatic rings. The maximum Gasteiger partial charge on any atom is 0.272 e. The summed E-state index contributed by atoms with van der Waals surface area (Å²) in [7, 11) is 3.03. The second-order valence-electron chi connectivity index (χ2n) is 5.96. The molecule has 0 atom stereocenters. The predicted molar refractivity (Wildman–Crippen MR) is 109 cm³/mol. The maximum absolute atomic E-state index is 12.6. The molecule has 9 heteroatoms. The molecule has 1 amide bonds. The van der Waals surface area contributed by atoms with Gasteiger partial charge in [-0.05, 0) is 31.2 Å². The number of anilines is 1. The number of benzene rings is 2. The molecule has 0 unspecified atom stereocenters. The topological polar surface area (TPSA) is 82.5 Å². The first kappa shape index (κ1) is 20.0. The number of hydrogen-bond acceptors (Lipinski definition) is 5. The number of fused-ring (bicyclic) bond motifs is 1. The highest BCUT2D eigenvalue weighted by molar-refractivity contribution is 6.42. The van der Waals surface area contributed by atoms with Gasteiger partial charge < -0.3 is 14.8 Å². The lowest BCUT2D eigenvalue weighted by atomic mass is 10.2. The Morgan fingerprint density at radius 1 is 1.11 bits per heavy atom. The summed E-state index contributed by atoms with van der Waals surface area (Å²) in [4.78, 5) is 29.4. The SMILES string of the molecule is COc1ccc(NC(=O)Cn2c(=O)c(C)nc3cc(Cl)c(Cl)cc32)cc1OC. The number of rotatable bonds is 5. The molecule has 0 radical (unpaired) electrons. The Kier molecular flexibility index (Phi) is 5.76. The number of methoxy groups -OCH3 is 2. The number of carbonyl (C=O) groups is 1. The summed E-state index contributed by atoms with van der Waals surface area (Å²) in [5.41, 5.74) is 1.28. The van der Waals surface area contributed by atoms with E-state index in [0.29, 0.717) is 33.2 Å². The van der Waals surface area contributed by atoms with Crippen LogP contribution in [-0.4, -0.2) is 29.7 Å². The third-order valence-electron chi connectivity index (χ3n) is 4.12. The van der Waals surface area contributed by atoms with Gasteiger partial charge in [-0.15, -0.1) is 0 Å². The van der Waals surface area contributed by atoms with Crippen molar-refractivity contribution in [3.05, 3.63) is 56.4 Å². The van der Waals surface area contributed by atoms with E-state index in [1.807, 2.05) is 0 Å². The number of hydrogen-bond donors (Lipinski definition) is 1. The third kappa shape index (κ3) is 3.90. The number of aryl methyl sites for hydroxylation is 1. The van der Waals surface area contributed by atoms with Crippen molar-refractivity contribution in [2.45, 2.75) is 13.5 Å². The van der Waals surface area contributed by atoms with Crippen molar-refractivity contribution < 1.29 is 14.3 Å². The molecule has 7 nitrogen and oxygen atoms in total. The summed E-state index contributed by atoms with van der Waals surface area (Å²) in [5.74, 6) is 0.621. The van der Waals surface area contributed by atoms with Crippen LogP contribution in [0.4, 0.5) is 5.69 Å². The van der Waals surface area contributed by atoms with Crippen molar-refractivity contribution in [2.75, 3.05) is 19.5 Å². The first-order valence-corrected chi connectivity index (χ1v) is 8.97. The average Bonchev–Trinajstić information content (AvgIpc) is 2.67. The van der Waals surface area contributed by atoms with E-state index >= 15 is 0 Å². The van der Waals surface area contributed by atoms with Crippen LogP contribution >= 0.6 is 23.2 Å². The van der Waals surface area contributed by atoms with E-state index in [1.165, 1.54) is 24.9 Å². The Hall–Kier alpha value is -2.77. The van der Waals surface area contributed by atoms with Gasteiger partial charge in [-0.25, -0.2) is 4.98 Å². The number of nitrogens with zero attached hydrogens (tertiary/aromatic N) is 2. The lowest BCUT2D eigenvalue weighted by Crippen LogP contribution is -2.30. The standard InChI is InChI=1S/C19H17Cl2N3O4/c1-10-19(26)24(15-8-13(21)12(20)7-14(15)22-10)9-18(25)23-11-4-5-16(27-2)17(6-11)28-3/h4-8H,9H2,1-3H3,(H,23,25). The zero-order valence-electron chi connectivity index (χ0n) is 15.4. The van der Waals surface area contributed by atoms with E-state index in [4.69, 9.17) is 32.7 Å². The number of halogens is 2. The summed E-state index contributed by atoms with van der Waals surface area (Å²) in [6.07, 6.45) is 0. The van der Waals surface area contributed by atoms with E-state index in [-0.39, 0.29) is 22.8 Å². The van der Waals surface area contributed by atoms with Gasteiger partial charge >= 0.3 is 0 Å². The van der Waals surface area contributed by atoms with Gasteiger partial charge in [0.15, 0.2) is 11.5 Å². The van der Waals surface area contributed by atoms with E-state index in [2.05, 4.69) is 10.3 Å². The molecule has 0 bridgehead atoms. The average molecular weight is 422 g/mol. The quantitative estimate of drug-likeness (QED) is 0.679. The number of amides is 1. The molecule has 1 aromatic heterocycles. The van der Waals surface area contributed by atoms with Crippen LogP contribution in [0.3, 0.4) is 0 Å². The van der Waals surface area contributed by atoms with E-state index in [0.717, 1.165) is 0 Å². The number of carbonyl (C=O) groups excluding carboxylic acids is 1. The van der Waals surface area contributed by atoms with Gasteiger partial charge in [-0.3, -0.25) is 14.2 Å². The van der Waals surface area contributed by atoms with Crippen molar-refractivity contribution in [1.29, 1.82) is 0 Å². The van der Waals surface area contributed by atoms with Crippen molar-refractivity contribution in [2.24, 2.45) is 0 Å². The van der Waals surface area contributed by atoms with Gasteiger partial charge in [0.2, 0.25) is 5.91 Å². The normalized spacial score (nSPS) is 10.8. The van der Waals surface area contributed by atoms with Crippen LogP contribution in [0.1, 0.15) is 5.69 Å². The fraction of sp³-hybridized carbons (Fsp3) is 0.211. The minimum Gasteiger partial charge on any atom is -0.493 e. The number of nitrogens with one attached hydrogen (secondary N) is 1. The highest BCUT2D eigenvalue weighted by Crippen LogP contribution is 2.30. The van der Waals surface area contributed by atoms with Crippen molar-refractivity contribution >= 4 is 45.8 Å². The minimum absolute atomic E-state index is 0.217. The summed E-state index contributed by atoms with van der Waals surface area (Å²) in [6, 6.07) is 8.07. The largest absolute Gasteiger partial charge is 0.493 e. The van der Waals surface area contributed by atoms with Crippen molar-refractivity contribution in [3.63, 3.8) is 0 Å². The lowest BCUT2D eigenvalue weighted by molar-refractivity contribution is -0.116. The lowest BCUT2D eigenvalue weighted by Gasteiger charge is -2.13. The molecule has 28 heavy (non-hydrogen) atoms. The Morgan fingerprint density at radius 3 is 2.46 bits per heavy atom. The molecule has 1 heterocycles. The molecule has 0 fully saturated rings. The van der Waals surface area contributed by atoms with Crippen molar-refractivity contribution in [1.82, 2.24) is 9.55 Å². The smallest absolute Gasteiger partial charge is 0.272 e. The van der Waals surface area contributed by atoms with Crippen LogP contribution in [0, 0.1) is 6.92 Å². The van der Waals surface area contributed by atoms with Crippen LogP contribution in [-0.2, 0) is 11.3 Å². The second-order valence-corrected chi connectivity index (χ2v) is 6.78. The van der Waals surface area contributed by atoms with Gasteiger partial charge in [0, 0.05) is 11.8 Å². The van der Waals surface area contributed by atoms with E-state index in [1.54, 1.807) is 31.2 Å². The molecule has 1 N–H and O–H groups in total. The Balaban J connectivity index is 1.94. The summed E-state index contributed by atoms with van der Waals surface area (Å²) >= 11 is 12.1. The highest BCUT2D eigenvalue weighted by atomic mass is 35.5.